The van der Waals surface area contributed by atoms with Crippen LogP contribution in [0.25, 0.3) is 5.65 Å². The molecule has 8 heteroatoms. The van der Waals surface area contributed by atoms with E-state index in [1.54, 1.807) is 28.9 Å². The Bertz CT molecular complexity index is 898. The van der Waals surface area contributed by atoms with Crippen LogP contribution in [0.15, 0.2) is 53.8 Å². The third-order valence-corrected chi connectivity index (χ3v) is 4.92. The highest BCUT2D eigenvalue weighted by molar-refractivity contribution is 7.89. The van der Waals surface area contributed by atoms with Crippen molar-refractivity contribution < 1.29 is 13.2 Å². The highest BCUT2D eigenvalue weighted by Gasteiger charge is 2.18. The fourth-order valence-electron chi connectivity index (χ4n) is 2.38. The van der Waals surface area contributed by atoms with Crippen LogP contribution in [0.3, 0.4) is 0 Å². The Kier molecular flexibility index (Phi) is 4.35. The first-order valence-electron chi connectivity index (χ1n) is 7.32. The second-order valence-electron chi connectivity index (χ2n) is 4.90. The summed E-state index contributed by atoms with van der Waals surface area (Å²) < 4.78 is 36.6. The molecule has 0 radical (unpaired) electrons. The number of fused-ring (bicyclic) bond motifs is 1. The van der Waals surface area contributed by atoms with Crippen molar-refractivity contribution in [3.63, 3.8) is 0 Å². The van der Waals surface area contributed by atoms with E-state index < -0.39 is 10.0 Å². The van der Waals surface area contributed by atoms with E-state index in [4.69, 9.17) is 4.74 Å². The van der Waals surface area contributed by atoms with Gasteiger partial charge in [0.2, 0.25) is 10.0 Å². The lowest BCUT2D eigenvalue weighted by Gasteiger charge is -2.12. The van der Waals surface area contributed by atoms with Crippen molar-refractivity contribution in [1.29, 1.82) is 0 Å². The molecule has 0 unspecified atom stereocenters. The number of hydrogen-bond acceptors (Lipinski definition) is 4. The first-order valence-corrected chi connectivity index (χ1v) is 8.80. The number of imidazole rings is 1. The maximum absolute atomic E-state index is 12.5. The van der Waals surface area contributed by atoms with Gasteiger partial charge in [-0.1, -0.05) is 12.1 Å². The molecule has 122 valence electrons. The lowest BCUT2D eigenvalue weighted by Crippen LogP contribution is -2.27. The van der Waals surface area contributed by atoms with Crippen molar-refractivity contribution in [3.05, 3.63) is 48.9 Å². The summed E-state index contributed by atoms with van der Waals surface area (Å²) in [6.07, 6.45) is 5.40. The second kappa shape index (κ2) is 6.43. The molecule has 7 nitrogen and oxygen atoms in total. The van der Waals surface area contributed by atoms with E-state index in [-0.39, 0.29) is 11.4 Å². The van der Waals surface area contributed by atoms with E-state index in [9.17, 15) is 8.42 Å². The van der Waals surface area contributed by atoms with Crippen LogP contribution in [0, 0.1) is 0 Å². The molecule has 2 aromatic heterocycles. The van der Waals surface area contributed by atoms with E-state index in [1.165, 1.54) is 6.07 Å². The van der Waals surface area contributed by atoms with Crippen LogP contribution >= 0.6 is 0 Å². The minimum absolute atomic E-state index is 0.156. The van der Waals surface area contributed by atoms with Gasteiger partial charge >= 0.3 is 0 Å². The molecule has 0 bridgehead atoms. The summed E-state index contributed by atoms with van der Waals surface area (Å²) in [5, 5.41) is 4.12. The molecule has 0 atom stereocenters. The molecular formula is C15H18N4O3S. The Balaban J connectivity index is 1.71. The molecule has 0 saturated carbocycles. The average Bonchev–Trinajstić information content (AvgIpc) is 3.13. The van der Waals surface area contributed by atoms with E-state index in [2.05, 4.69) is 9.82 Å². The Morgan fingerprint density at radius 1 is 1.22 bits per heavy atom. The SMILES string of the molecule is CCOc1ccccc1S(=O)(=O)NCCn1ccn2nccc12. The number of aromatic nitrogens is 3. The normalized spacial score (nSPS) is 11.9. The van der Waals surface area contributed by atoms with E-state index in [0.717, 1.165) is 5.65 Å². The van der Waals surface area contributed by atoms with Gasteiger partial charge in [0, 0.05) is 31.5 Å². The predicted octanol–water partition coefficient (Wildman–Crippen LogP) is 1.51. The van der Waals surface area contributed by atoms with E-state index >= 15 is 0 Å². The molecule has 0 saturated heterocycles. The molecule has 1 aromatic carbocycles. The monoisotopic (exact) mass is 334 g/mol. The highest BCUT2D eigenvalue weighted by atomic mass is 32.2. The van der Waals surface area contributed by atoms with Crippen LogP contribution in [-0.4, -0.2) is 35.8 Å². The zero-order valence-electron chi connectivity index (χ0n) is 12.7. The molecular weight excluding hydrogens is 316 g/mol. The minimum atomic E-state index is -3.62. The van der Waals surface area contributed by atoms with Gasteiger partial charge in [-0.25, -0.2) is 17.7 Å². The summed E-state index contributed by atoms with van der Waals surface area (Å²) in [6, 6.07) is 8.50. The van der Waals surface area contributed by atoms with Crippen molar-refractivity contribution in [2.45, 2.75) is 18.4 Å². The van der Waals surface area contributed by atoms with Gasteiger partial charge in [-0.15, -0.1) is 0 Å². The molecule has 0 amide bonds. The molecule has 0 aliphatic carbocycles. The van der Waals surface area contributed by atoms with E-state index in [1.807, 2.05) is 30.0 Å². The number of rotatable bonds is 7. The molecule has 3 aromatic rings. The standard InChI is InChI=1S/C15H18N4O3S/c1-2-22-13-5-3-4-6-14(13)23(20,21)17-9-10-18-11-12-19-15(18)7-8-16-19/h3-8,11-12,17H,2,9-10H2,1H3. The molecule has 1 N–H and O–H groups in total. The van der Waals surface area contributed by atoms with Gasteiger partial charge in [0.25, 0.3) is 0 Å². The van der Waals surface area contributed by atoms with Crippen LogP contribution in [0.1, 0.15) is 6.92 Å². The van der Waals surface area contributed by atoms with Crippen LogP contribution in [0.5, 0.6) is 5.75 Å². The van der Waals surface area contributed by atoms with Crippen molar-refractivity contribution in [2.75, 3.05) is 13.2 Å². The fraction of sp³-hybridized carbons (Fsp3) is 0.267. The topological polar surface area (TPSA) is 77.6 Å². The number of ether oxygens (including phenoxy) is 1. The van der Waals surface area contributed by atoms with Gasteiger partial charge in [0.1, 0.15) is 16.3 Å². The van der Waals surface area contributed by atoms with Crippen molar-refractivity contribution in [1.82, 2.24) is 18.9 Å². The van der Waals surface area contributed by atoms with Gasteiger partial charge in [-0.2, -0.15) is 5.10 Å². The number of sulfonamides is 1. The first kappa shape index (κ1) is 15.6. The maximum atomic E-state index is 12.5. The minimum Gasteiger partial charge on any atom is -0.492 e. The Morgan fingerprint density at radius 3 is 2.87 bits per heavy atom. The average molecular weight is 334 g/mol. The van der Waals surface area contributed by atoms with Crippen LogP contribution in [-0.2, 0) is 16.6 Å². The van der Waals surface area contributed by atoms with Crippen LogP contribution in [0.2, 0.25) is 0 Å². The molecule has 3 rings (SSSR count). The molecule has 0 aliphatic rings. The van der Waals surface area contributed by atoms with Crippen LogP contribution in [0.4, 0.5) is 0 Å². The zero-order chi connectivity index (χ0) is 16.3. The molecule has 0 spiro atoms. The van der Waals surface area contributed by atoms with Gasteiger partial charge in [-0.3, -0.25) is 0 Å². The number of nitrogens with one attached hydrogen (secondary N) is 1. The van der Waals surface area contributed by atoms with Gasteiger partial charge in [-0.05, 0) is 19.1 Å². The Hall–Kier alpha value is -2.32. The third kappa shape index (κ3) is 3.22. The second-order valence-corrected chi connectivity index (χ2v) is 6.64. The summed E-state index contributed by atoms with van der Waals surface area (Å²) in [7, 11) is -3.62. The molecule has 0 fully saturated rings. The lowest BCUT2D eigenvalue weighted by molar-refractivity contribution is 0.331. The molecule has 2 heterocycles. The first-order chi connectivity index (χ1) is 11.1. The van der Waals surface area contributed by atoms with Crippen molar-refractivity contribution >= 4 is 15.7 Å². The quantitative estimate of drug-likeness (QED) is 0.710. The maximum Gasteiger partial charge on any atom is 0.244 e. The van der Waals surface area contributed by atoms with Crippen LogP contribution < -0.4 is 9.46 Å². The van der Waals surface area contributed by atoms with Crippen molar-refractivity contribution in [2.24, 2.45) is 0 Å². The smallest absolute Gasteiger partial charge is 0.244 e. The summed E-state index contributed by atoms with van der Waals surface area (Å²) in [5.74, 6) is 0.363. The van der Waals surface area contributed by atoms with Gasteiger partial charge in [0.15, 0.2) is 0 Å². The summed E-state index contributed by atoms with van der Waals surface area (Å²) in [4.78, 5) is 0.156. The van der Waals surface area contributed by atoms with Gasteiger partial charge < -0.3 is 9.30 Å². The van der Waals surface area contributed by atoms with Crippen molar-refractivity contribution in [3.8, 4) is 5.75 Å². The summed E-state index contributed by atoms with van der Waals surface area (Å²) >= 11 is 0. The number of benzene rings is 1. The number of hydrogen-bond donors (Lipinski definition) is 1. The molecule has 0 aliphatic heterocycles. The Labute approximate surface area is 134 Å². The zero-order valence-corrected chi connectivity index (χ0v) is 13.5. The molecule has 23 heavy (non-hydrogen) atoms. The number of para-hydroxylation sites is 1. The Morgan fingerprint density at radius 2 is 2.04 bits per heavy atom. The highest BCUT2D eigenvalue weighted by Crippen LogP contribution is 2.22. The summed E-state index contributed by atoms with van der Waals surface area (Å²) in [5.41, 5.74) is 0.916. The summed E-state index contributed by atoms with van der Waals surface area (Å²) in [6.45, 7) is 3.02. The fourth-order valence-corrected chi connectivity index (χ4v) is 3.55. The van der Waals surface area contributed by atoms with Gasteiger partial charge in [0.05, 0.1) is 12.8 Å². The largest absolute Gasteiger partial charge is 0.492 e. The number of nitrogens with zero attached hydrogens (tertiary/aromatic N) is 3. The van der Waals surface area contributed by atoms with E-state index in [0.29, 0.717) is 18.9 Å². The predicted molar refractivity (Wildman–Crippen MR) is 86.0 cm³/mol. The lowest BCUT2D eigenvalue weighted by atomic mass is 10.3. The third-order valence-electron chi connectivity index (χ3n) is 3.41.